The largest absolute Gasteiger partial charge is 0.497 e. The van der Waals surface area contributed by atoms with E-state index in [4.69, 9.17) is 20.1 Å². The molecule has 0 aliphatic heterocycles. The van der Waals surface area contributed by atoms with Gasteiger partial charge in [0.25, 0.3) is 0 Å². The van der Waals surface area contributed by atoms with Crippen LogP contribution in [0.5, 0.6) is 17.2 Å². The Morgan fingerprint density at radius 3 is 2.44 bits per heavy atom. The molecule has 0 saturated carbocycles. The molecule has 0 saturated heterocycles. The molecule has 1 aromatic heterocycles. The summed E-state index contributed by atoms with van der Waals surface area (Å²) >= 11 is 1.56. The van der Waals surface area contributed by atoms with Crippen LogP contribution >= 0.6 is 11.8 Å². The van der Waals surface area contributed by atoms with Crippen LogP contribution in [0.1, 0.15) is 11.4 Å². The minimum Gasteiger partial charge on any atom is -0.497 e. The van der Waals surface area contributed by atoms with E-state index in [-0.39, 0.29) is 6.61 Å². The average molecular weight is 386 g/mol. The monoisotopic (exact) mass is 386 g/mol. The first-order valence-electron chi connectivity index (χ1n) is 8.41. The third-order valence-electron chi connectivity index (χ3n) is 3.93. The topological polar surface area (TPSA) is 84.4 Å². The molecule has 8 heteroatoms. The predicted molar refractivity (Wildman–Crippen MR) is 105 cm³/mol. The summed E-state index contributed by atoms with van der Waals surface area (Å²) in [6, 6.07) is 15.4. The SMILES string of the molecule is COc1ccc(CCSc2nnc(COc3cccc(OC)c3)n2N)cc1. The lowest BCUT2D eigenvalue weighted by Crippen LogP contribution is -2.16. The van der Waals surface area contributed by atoms with Crippen molar-refractivity contribution in [2.45, 2.75) is 18.2 Å². The molecule has 2 N–H and O–H groups in total. The molecule has 0 amide bonds. The number of hydrogen-bond donors (Lipinski definition) is 1. The smallest absolute Gasteiger partial charge is 0.209 e. The van der Waals surface area contributed by atoms with Crippen LogP contribution in [-0.4, -0.2) is 34.8 Å². The van der Waals surface area contributed by atoms with Crippen molar-refractivity contribution in [3.63, 3.8) is 0 Å². The molecule has 0 radical (unpaired) electrons. The zero-order valence-corrected chi connectivity index (χ0v) is 16.1. The first kappa shape index (κ1) is 18.9. The maximum Gasteiger partial charge on any atom is 0.209 e. The van der Waals surface area contributed by atoms with Crippen molar-refractivity contribution in [3.05, 3.63) is 59.9 Å². The highest BCUT2D eigenvalue weighted by molar-refractivity contribution is 7.99. The van der Waals surface area contributed by atoms with Crippen LogP contribution in [0.15, 0.2) is 53.7 Å². The zero-order chi connectivity index (χ0) is 19.1. The second kappa shape index (κ2) is 9.18. The second-order valence-corrected chi connectivity index (χ2v) is 6.75. The molecular weight excluding hydrogens is 364 g/mol. The van der Waals surface area contributed by atoms with Gasteiger partial charge in [-0.2, -0.15) is 0 Å². The summed E-state index contributed by atoms with van der Waals surface area (Å²) in [5.41, 5.74) is 1.23. The quantitative estimate of drug-likeness (QED) is 0.447. The van der Waals surface area contributed by atoms with E-state index < -0.39 is 0 Å². The van der Waals surface area contributed by atoms with Crippen LogP contribution in [-0.2, 0) is 13.0 Å². The van der Waals surface area contributed by atoms with Crippen LogP contribution in [0.3, 0.4) is 0 Å². The van der Waals surface area contributed by atoms with Gasteiger partial charge in [0.2, 0.25) is 5.16 Å². The van der Waals surface area contributed by atoms with Gasteiger partial charge in [0.1, 0.15) is 23.9 Å². The molecule has 0 atom stereocenters. The molecule has 0 spiro atoms. The van der Waals surface area contributed by atoms with Gasteiger partial charge in [0.15, 0.2) is 5.82 Å². The van der Waals surface area contributed by atoms with Crippen molar-refractivity contribution in [2.75, 3.05) is 25.8 Å². The Morgan fingerprint density at radius 1 is 0.963 bits per heavy atom. The van der Waals surface area contributed by atoms with Crippen molar-refractivity contribution >= 4 is 11.8 Å². The number of nitrogens with two attached hydrogens (primary N) is 1. The number of aromatic nitrogens is 3. The molecule has 0 aliphatic rings. The lowest BCUT2D eigenvalue weighted by Gasteiger charge is -2.08. The van der Waals surface area contributed by atoms with Gasteiger partial charge in [-0.25, -0.2) is 4.68 Å². The number of nitrogen functional groups attached to an aromatic ring is 1. The summed E-state index contributed by atoms with van der Waals surface area (Å²) in [5.74, 6) is 9.77. The molecule has 0 aliphatic carbocycles. The second-order valence-electron chi connectivity index (χ2n) is 5.68. The zero-order valence-electron chi connectivity index (χ0n) is 15.3. The number of rotatable bonds is 9. The fourth-order valence-electron chi connectivity index (χ4n) is 2.40. The van der Waals surface area contributed by atoms with Crippen molar-refractivity contribution < 1.29 is 14.2 Å². The Morgan fingerprint density at radius 2 is 1.70 bits per heavy atom. The number of ether oxygens (including phenoxy) is 3. The number of benzene rings is 2. The Balaban J connectivity index is 1.51. The van der Waals surface area contributed by atoms with E-state index in [1.165, 1.54) is 10.2 Å². The molecule has 0 fully saturated rings. The summed E-state index contributed by atoms with van der Waals surface area (Å²) in [6.45, 7) is 0.232. The highest BCUT2D eigenvalue weighted by Crippen LogP contribution is 2.21. The molecule has 142 valence electrons. The summed E-state index contributed by atoms with van der Waals surface area (Å²) in [7, 11) is 3.28. The average Bonchev–Trinajstić information content (AvgIpc) is 3.07. The first-order chi connectivity index (χ1) is 13.2. The van der Waals surface area contributed by atoms with Gasteiger partial charge >= 0.3 is 0 Å². The molecule has 0 bridgehead atoms. The van der Waals surface area contributed by atoms with Crippen LogP contribution in [0.25, 0.3) is 0 Å². The van der Waals surface area contributed by atoms with E-state index in [2.05, 4.69) is 22.3 Å². The predicted octanol–water partition coefficient (Wildman–Crippen LogP) is 2.92. The van der Waals surface area contributed by atoms with E-state index in [9.17, 15) is 0 Å². The van der Waals surface area contributed by atoms with Crippen LogP contribution in [0.4, 0.5) is 0 Å². The molecule has 3 rings (SSSR count). The van der Waals surface area contributed by atoms with E-state index in [0.29, 0.717) is 16.7 Å². The molecule has 27 heavy (non-hydrogen) atoms. The van der Waals surface area contributed by atoms with Gasteiger partial charge in [-0.05, 0) is 36.2 Å². The van der Waals surface area contributed by atoms with Gasteiger partial charge in [-0.15, -0.1) is 10.2 Å². The number of aryl methyl sites for hydroxylation is 1. The minimum absolute atomic E-state index is 0.232. The highest BCUT2D eigenvalue weighted by Gasteiger charge is 2.11. The van der Waals surface area contributed by atoms with Crippen LogP contribution < -0.4 is 20.1 Å². The summed E-state index contributed by atoms with van der Waals surface area (Å²) in [4.78, 5) is 0. The van der Waals surface area contributed by atoms with Crippen LogP contribution in [0.2, 0.25) is 0 Å². The molecule has 2 aromatic carbocycles. The number of hydrogen-bond acceptors (Lipinski definition) is 7. The van der Waals surface area contributed by atoms with Gasteiger partial charge in [-0.3, -0.25) is 0 Å². The molecule has 0 unspecified atom stereocenters. The third kappa shape index (κ3) is 5.07. The van der Waals surface area contributed by atoms with Crippen molar-refractivity contribution in [3.8, 4) is 17.2 Å². The van der Waals surface area contributed by atoms with E-state index in [1.807, 2.05) is 36.4 Å². The molecular formula is C19H22N4O3S. The van der Waals surface area contributed by atoms with E-state index >= 15 is 0 Å². The van der Waals surface area contributed by atoms with Gasteiger partial charge in [-0.1, -0.05) is 30.0 Å². The summed E-state index contributed by atoms with van der Waals surface area (Å²) in [6.07, 6.45) is 0.900. The van der Waals surface area contributed by atoms with Crippen molar-refractivity contribution in [1.82, 2.24) is 14.9 Å². The maximum atomic E-state index is 6.09. The fourth-order valence-corrected chi connectivity index (χ4v) is 3.26. The van der Waals surface area contributed by atoms with Crippen LogP contribution in [0, 0.1) is 0 Å². The Labute approximate surface area is 162 Å². The normalized spacial score (nSPS) is 10.6. The number of thioether (sulfide) groups is 1. The minimum atomic E-state index is 0.232. The van der Waals surface area contributed by atoms with E-state index in [1.54, 1.807) is 26.0 Å². The molecule has 1 heterocycles. The lowest BCUT2D eigenvalue weighted by atomic mass is 10.2. The first-order valence-corrected chi connectivity index (χ1v) is 9.40. The highest BCUT2D eigenvalue weighted by atomic mass is 32.2. The molecule has 7 nitrogen and oxygen atoms in total. The number of nitrogens with zero attached hydrogens (tertiary/aromatic N) is 3. The van der Waals surface area contributed by atoms with E-state index in [0.717, 1.165) is 23.7 Å². The fraction of sp³-hybridized carbons (Fsp3) is 0.263. The standard InChI is InChI=1S/C19H22N4O3S/c1-24-15-8-6-14(7-9-15)10-11-27-19-22-21-18(23(19)20)13-26-17-5-3-4-16(12-17)25-2/h3-9,12H,10-11,13,20H2,1-2H3. The van der Waals surface area contributed by atoms with Gasteiger partial charge < -0.3 is 20.1 Å². The summed E-state index contributed by atoms with van der Waals surface area (Å²) in [5, 5.41) is 8.92. The Hall–Kier alpha value is -2.87. The Bertz CT molecular complexity index is 868. The van der Waals surface area contributed by atoms with Gasteiger partial charge in [0.05, 0.1) is 14.2 Å². The van der Waals surface area contributed by atoms with Crippen molar-refractivity contribution in [2.24, 2.45) is 0 Å². The number of methoxy groups -OCH3 is 2. The summed E-state index contributed by atoms with van der Waals surface area (Å²) < 4.78 is 17.5. The lowest BCUT2D eigenvalue weighted by molar-refractivity contribution is 0.289. The van der Waals surface area contributed by atoms with Gasteiger partial charge in [0, 0.05) is 11.8 Å². The van der Waals surface area contributed by atoms with Crippen molar-refractivity contribution in [1.29, 1.82) is 0 Å². The third-order valence-corrected chi connectivity index (χ3v) is 4.87. The Kier molecular flexibility index (Phi) is 6.43. The molecule has 3 aromatic rings. The maximum absolute atomic E-state index is 6.09.